The second kappa shape index (κ2) is 8.27. The molecule has 0 radical (unpaired) electrons. The minimum absolute atomic E-state index is 0.00940. The fraction of sp³-hybridized carbons (Fsp3) is 0.389. The van der Waals surface area contributed by atoms with Crippen LogP contribution in [-0.4, -0.2) is 12.5 Å². The Morgan fingerprint density at radius 2 is 2.00 bits per heavy atom. The first-order chi connectivity index (χ1) is 10.6. The van der Waals surface area contributed by atoms with Gasteiger partial charge in [0.15, 0.2) is 0 Å². The average molecular weight is 301 g/mol. The Hall–Kier alpha value is -2.23. The van der Waals surface area contributed by atoms with Crippen LogP contribution in [-0.2, 0) is 11.3 Å². The van der Waals surface area contributed by atoms with Gasteiger partial charge in [-0.1, -0.05) is 26.0 Å². The van der Waals surface area contributed by atoms with Crippen molar-refractivity contribution in [2.75, 3.05) is 6.61 Å². The van der Waals surface area contributed by atoms with Gasteiger partial charge in [0.1, 0.15) is 11.5 Å². The lowest BCUT2D eigenvalue weighted by Gasteiger charge is -2.09. The maximum Gasteiger partial charge on any atom is 0.220 e. The van der Waals surface area contributed by atoms with E-state index < -0.39 is 0 Å². The number of rotatable bonds is 8. The summed E-state index contributed by atoms with van der Waals surface area (Å²) in [7, 11) is 0. The monoisotopic (exact) mass is 301 g/mol. The van der Waals surface area contributed by atoms with Crippen molar-refractivity contribution in [3.8, 4) is 5.75 Å². The molecule has 4 nitrogen and oxygen atoms in total. The standard InChI is InChI=1S/C18H23NO3/c1-14(2)15-7-9-16(10-8-15)21-12-4-6-18(20)19-13-17-5-3-11-22-17/h3,5,7-11,14H,4,6,12-13H2,1-2H3,(H,19,20). The minimum Gasteiger partial charge on any atom is -0.494 e. The zero-order valence-corrected chi connectivity index (χ0v) is 13.2. The van der Waals surface area contributed by atoms with Gasteiger partial charge < -0.3 is 14.5 Å². The van der Waals surface area contributed by atoms with Gasteiger partial charge in [-0.3, -0.25) is 4.79 Å². The summed E-state index contributed by atoms with van der Waals surface area (Å²) >= 11 is 0. The van der Waals surface area contributed by atoms with Crippen molar-refractivity contribution in [2.45, 2.75) is 39.2 Å². The van der Waals surface area contributed by atoms with Crippen LogP contribution in [0.25, 0.3) is 0 Å². The van der Waals surface area contributed by atoms with Crippen molar-refractivity contribution < 1.29 is 13.9 Å². The van der Waals surface area contributed by atoms with Gasteiger partial charge in [0.05, 0.1) is 19.4 Å². The molecular formula is C18H23NO3. The van der Waals surface area contributed by atoms with Crippen molar-refractivity contribution >= 4 is 5.91 Å². The van der Waals surface area contributed by atoms with Crippen molar-refractivity contribution in [1.29, 1.82) is 0 Å². The second-order valence-electron chi connectivity index (χ2n) is 5.53. The predicted octanol–water partition coefficient (Wildman–Crippen LogP) is 3.88. The average Bonchev–Trinajstić information content (AvgIpc) is 3.03. The Labute approximate surface area is 131 Å². The number of benzene rings is 1. The lowest BCUT2D eigenvalue weighted by Crippen LogP contribution is -2.22. The topological polar surface area (TPSA) is 51.5 Å². The van der Waals surface area contributed by atoms with Gasteiger partial charge in [0.2, 0.25) is 5.91 Å². The van der Waals surface area contributed by atoms with Gasteiger partial charge in [0.25, 0.3) is 0 Å². The SMILES string of the molecule is CC(C)c1ccc(OCCCC(=O)NCc2ccco2)cc1. The molecule has 1 aromatic carbocycles. The van der Waals surface area contributed by atoms with Gasteiger partial charge in [0, 0.05) is 6.42 Å². The Bertz CT molecular complexity index is 559. The summed E-state index contributed by atoms with van der Waals surface area (Å²) < 4.78 is 10.8. The molecule has 0 bridgehead atoms. The van der Waals surface area contributed by atoms with Gasteiger partial charge in [-0.15, -0.1) is 0 Å². The summed E-state index contributed by atoms with van der Waals surface area (Å²) in [5, 5.41) is 2.82. The van der Waals surface area contributed by atoms with Crippen LogP contribution in [0.1, 0.15) is 43.9 Å². The second-order valence-corrected chi connectivity index (χ2v) is 5.53. The lowest BCUT2D eigenvalue weighted by molar-refractivity contribution is -0.121. The molecule has 0 aliphatic heterocycles. The summed E-state index contributed by atoms with van der Waals surface area (Å²) in [5.41, 5.74) is 1.30. The number of amides is 1. The number of nitrogens with one attached hydrogen (secondary N) is 1. The van der Waals surface area contributed by atoms with E-state index in [9.17, 15) is 4.79 Å². The molecule has 1 amide bonds. The van der Waals surface area contributed by atoms with Crippen LogP contribution in [0.2, 0.25) is 0 Å². The normalized spacial score (nSPS) is 10.7. The molecule has 0 unspecified atom stereocenters. The number of carbonyl (C=O) groups excluding carboxylic acids is 1. The predicted molar refractivity (Wildman–Crippen MR) is 85.8 cm³/mol. The van der Waals surface area contributed by atoms with Crippen LogP contribution in [0.15, 0.2) is 47.1 Å². The summed E-state index contributed by atoms with van der Waals surface area (Å²) in [4.78, 5) is 11.7. The van der Waals surface area contributed by atoms with Crippen LogP contribution in [0.5, 0.6) is 5.75 Å². The molecular weight excluding hydrogens is 278 g/mol. The first-order valence-corrected chi connectivity index (χ1v) is 7.67. The van der Waals surface area contributed by atoms with Crippen LogP contribution in [0.4, 0.5) is 0 Å². The Balaban J connectivity index is 1.61. The number of ether oxygens (including phenoxy) is 1. The first kappa shape index (κ1) is 16.1. The maximum atomic E-state index is 11.7. The molecule has 1 N–H and O–H groups in total. The van der Waals surface area contributed by atoms with Gasteiger partial charge in [-0.05, 0) is 42.2 Å². The molecule has 0 aliphatic rings. The number of carbonyl (C=O) groups is 1. The highest BCUT2D eigenvalue weighted by Gasteiger charge is 2.03. The number of hydrogen-bond donors (Lipinski definition) is 1. The third-order valence-corrected chi connectivity index (χ3v) is 3.40. The smallest absolute Gasteiger partial charge is 0.220 e. The molecule has 0 atom stereocenters. The molecule has 0 aliphatic carbocycles. The highest BCUT2D eigenvalue weighted by Crippen LogP contribution is 2.18. The third-order valence-electron chi connectivity index (χ3n) is 3.40. The highest BCUT2D eigenvalue weighted by molar-refractivity contribution is 5.75. The van der Waals surface area contributed by atoms with Gasteiger partial charge in [-0.2, -0.15) is 0 Å². The van der Waals surface area contributed by atoms with Crippen LogP contribution < -0.4 is 10.1 Å². The molecule has 0 saturated carbocycles. The van der Waals surface area contributed by atoms with E-state index in [1.807, 2.05) is 18.2 Å². The summed E-state index contributed by atoms with van der Waals surface area (Å²) in [6.45, 7) is 5.30. The fourth-order valence-electron chi connectivity index (χ4n) is 2.06. The van der Waals surface area contributed by atoms with Gasteiger partial charge in [-0.25, -0.2) is 0 Å². The summed E-state index contributed by atoms with van der Waals surface area (Å²) in [6, 6.07) is 11.8. The van der Waals surface area contributed by atoms with Crippen LogP contribution in [0.3, 0.4) is 0 Å². The molecule has 1 heterocycles. The highest BCUT2D eigenvalue weighted by atomic mass is 16.5. The Kier molecular flexibility index (Phi) is 6.07. The van der Waals surface area contributed by atoms with E-state index >= 15 is 0 Å². The van der Waals surface area contributed by atoms with Crippen molar-refractivity contribution in [2.24, 2.45) is 0 Å². The van der Waals surface area contributed by atoms with E-state index in [1.54, 1.807) is 12.3 Å². The fourth-order valence-corrected chi connectivity index (χ4v) is 2.06. The minimum atomic E-state index is 0.00940. The van der Waals surface area contributed by atoms with E-state index in [0.717, 1.165) is 11.5 Å². The van der Waals surface area contributed by atoms with Crippen molar-refractivity contribution in [3.05, 3.63) is 54.0 Å². The van der Waals surface area contributed by atoms with Crippen LogP contribution >= 0.6 is 0 Å². The zero-order valence-electron chi connectivity index (χ0n) is 13.2. The van der Waals surface area contributed by atoms with E-state index in [-0.39, 0.29) is 5.91 Å². The van der Waals surface area contributed by atoms with E-state index in [0.29, 0.717) is 31.9 Å². The quantitative estimate of drug-likeness (QED) is 0.753. The van der Waals surface area contributed by atoms with Crippen molar-refractivity contribution in [3.63, 3.8) is 0 Å². The third kappa shape index (κ3) is 5.28. The molecule has 2 rings (SSSR count). The summed E-state index contributed by atoms with van der Waals surface area (Å²) in [6.07, 6.45) is 2.74. The molecule has 0 fully saturated rings. The summed E-state index contributed by atoms with van der Waals surface area (Å²) in [5.74, 6) is 2.14. The van der Waals surface area contributed by atoms with E-state index in [2.05, 4.69) is 31.3 Å². The van der Waals surface area contributed by atoms with E-state index in [1.165, 1.54) is 5.56 Å². The Morgan fingerprint density at radius 1 is 1.23 bits per heavy atom. The molecule has 0 saturated heterocycles. The van der Waals surface area contributed by atoms with Crippen molar-refractivity contribution in [1.82, 2.24) is 5.32 Å². The molecule has 118 valence electrons. The number of hydrogen-bond acceptors (Lipinski definition) is 3. The maximum absolute atomic E-state index is 11.7. The first-order valence-electron chi connectivity index (χ1n) is 7.67. The number of furan rings is 1. The molecule has 2 aromatic rings. The lowest BCUT2D eigenvalue weighted by atomic mass is 10.0. The van der Waals surface area contributed by atoms with Crippen LogP contribution in [0, 0.1) is 0 Å². The molecule has 1 aromatic heterocycles. The molecule has 22 heavy (non-hydrogen) atoms. The largest absolute Gasteiger partial charge is 0.494 e. The van der Waals surface area contributed by atoms with Gasteiger partial charge >= 0.3 is 0 Å². The van der Waals surface area contributed by atoms with E-state index in [4.69, 9.17) is 9.15 Å². The zero-order chi connectivity index (χ0) is 15.8. The molecule has 4 heteroatoms. The Morgan fingerprint density at radius 3 is 2.64 bits per heavy atom. The molecule has 0 spiro atoms.